The second kappa shape index (κ2) is 7.42. The molecule has 0 amide bonds. The van der Waals surface area contributed by atoms with Crippen LogP contribution in [0.2, 0.25) is 0 Å². The normalized spacial score (nSPS) is 10.6. The molecule has 120 valence electrons. The van der Waals surface area contributed by atoms with E-state index >= 15 is 0 Å². The van der Waals surface area contributed by atoms with Crippen LogP contribution in [0.15, 0.2) is 119 Å². The quantitative estimate of drug-likeness (QED) is 0.304. The zero-order valence-corrected chi connectivity index (χ0v) is 14.7. The Morgan fingerprint density at radius 2 is 0.680 bits per heavy atom. The van der Waals surface area contributed by atoms with Gasteiger partial charge in [-0.15, -0.1) is 0 Å². The minimum absolute atomic E-state index is 1.25. The van der Waals surface area contributed by atoms with E-state index in [2.05, 4.69) is 103 Å². The summed E-state index contributed by atoms with van der Waals surface area (Å²) in [6.45, 7) is 0. The fourth-order valence-corrected chi connectivity index (χ4v) is 3.78. The van der Waals surface area contributed by atoms with Gasteiger partial charge in [0.1, 0.15) is 0 Å². The molecule has 0 atom stereocenters. The first kappa shape index (κ1) is 15.7. The molecular formula is C24H19S+. The number of thiol groups is 1. The van der Waals surface area contributed by atoms with Gasteiger partial charge in [0, 0.05) is 11.8 Å². The summed E-state index contributed by atoms with van der Waals surface area (Å²) in [5.41, 5.74) is 5.02. The first-order valence-corrected chi connectivity index (χ1v) is 9.31. The minimum Gasteiger partial charge on any atom is -0.0622 e. The maximum absolute atomic E-state index is 2.22. The summed E-state index contributed by atoms with van der Waals surface area (Å²) >= 11 is 1.25. The third kappa shape index (κ3) is 3.84. The van der Waals surface area contributed by atoms with E-state index in [1.807, 2.05) is 6.07 Å². The largest absolute Gasteiger partial charge is 0.158 e. The van der Waals surface area contributed by atoms with E-state index in [1.165, 1.54) is 43.8 Å². The van der Waals surface area contributed by atoms with Crippen LogP contribution < -0.4 is 0 Å². The fourth-order valence-electron chi connectivity index (χ4n) is 2.87. The Bertz CT molecular complexity index is 925. The zero-order valence-electron chi connectivity index (χ0n) is 13.8. The third-order valence-corrected chi connectivity index (χ3v) is 5.32. The molecule has 25 heavy (non-hydrogen) atoms. The lowest BCUT2D eigenvalue weighted by molar-refractivity contribution is 1.40. The van der Waals surface area contributed by atoms with E-state index in [4.69, 9.17) is 0 Å². The predicted molar refractivity (Wildman–Crippen MR) is 109 cm³/mol. The smallest absolute Gasteiger partial charge is 0.0622 e. The number of benzene rings is 4. The number of hydrogen-bond acceptors (Lipinski definition) is 0. The van der Waals surface area contributed by atoms with Crippen molar-refractivity contribution < 1.29 is 0 Å². The molecule has 0 fully saturated rings. The van der Waals surface area contributed by atoms with Crippen LogP contribution in [0.5, 0.6) is 0 Å². The molecule has 0 aliphatic heterocycles. The van der Waals surface area contributed by atoms with Crippen molar-refractivity contribution in [1.82, 2.24) is 0 Å². The maximum Gasteiger partial charge on any atom is 0.158 e. The topological polar surface area (TPSA) is 0 Å². The highest BCUT2D eigenvalue weighted by atomic mass is 32.2. The molecule has 0 N–H and O–H groups in total. The lowest BCUT2D eigenvalue weighted by Crippen LogP contribution is -1.85. The molecule has 0 nitrogen and oxygen atoms in total. The minimum atomic E-state index is 1.25. The van der Waals surface area contributed by atoms with Crippen LogP contribution in [0.25, 0.3) is 22.3 Å². The van der Waals surface area contributed by atoms with Crippen LogP contribution >= 0.6 is 0 Å². The second-order valence-electron chi connectivity index (χ2n) is 5.94. The van der Waals surface area contributed by atoms with Gasteiger partial charge in [-0.2, -0.15) is 0 Å². The number of rotatable bonds is 4. The maximum atomic E-state index is 2.22. The SMILES string of the molecule is c1ccc([SH+]c2ccc(-c3ccc(-c4ccccc4)cc3)cc2)cc1. The summed E-state index contributed by atoms with van der Waals surface area (Å²) in [6, 6.07) is 38.7. The van der Waals surface area contributed by atoms with E-state index < -0.39 is 0 Å². The molecule has 1 heteroatoms. The summed E-state index contributed by atoms with van der Waals surface area (Å²) in [4.78, 5) is 2.64. The van der Waals surface area contributed by atoms with Crippen LogP contribution in [-0.2, 0) is 11.8 Å². The van der Waals surface area contributed by atoms with Crippen molar-refractivity contribution in [2.75, 3.05) is 0 Å². The summed E-state index contributed by atoms with van der Waals surface area (Å²) in [5, 5.41) is 0. The van der Waals surface area contributed by atoms with Gasteiger partial charge >= 0.3 is 0 Å². The van der Waals surface area contributed by atoms with Crippen molar-refractivity contribution in [2.24, 2.45) is 0 Å². The summed E-state index contributed by atoms with van der Waals surface area (Å²) in [7, 11) is 0. The molecule has 4 rings (SSSR count). The molecule has 0 saturated heterocycles. The zero-order chi connectivity index (χ0) is 16.9. The van der Waals surface area contributed by atoms with E-state index in [9.17, 15) is 0 Å². The molecule has 0 spiro atoms. The van der Waals surface area contributed by atoms with Gasteiger partial charge in [-0.25, -0.2) is 0 Å². The molecule has 0 aliphatic rings. The van der Waals surface area contributed by atoms with E-state index in [1.54, 1.807) is 0 Å². The van der Waals surface area contributed by atoms with Crippen LogP contribution in [-0.4, -0.2) is 0 Å². The van der Waals surface area contributed by atoms with Crippen LogP contribution in [0.1, 0.15) is 0 Å². The monoisotopic (exact) mass is 339 g/mol. The lowest BCUT2D eigenvalue weighted by atomic mass is 10.0. The Hall–Kier alpha value is -2.77. The summed E-state index contributed by atoms with van der Waals surface area (Å²) < 4.78 is 0. The van der Waals surface area contributed by atoms with Gasteiger partial charge in [-0.05, 0) is 58.7 Å². The highest BCUT2D eigenvalue weighted by molar-refractivity contribution is 7.78. The van der Waals surface area contributed by atoms with Crippen molar-refractivity contribution in [3.8, 4) is 22.3 Å². The van der Waals surface area contributed by atoms with Crippen molar-refractivity contribution in [3.63, 3.8) is 0 Å². The molecule has 0 bridgehead atoms. The molecule has 4 aromatic rings. The summed E-state index contributed by atoms with van der Waals surface area (Å²) in [6.07, 6.45) is 0. The molecule has 0 unspecified atom stereocenters. The molecule has 0 radical (unpaired) electrons. The molecule has 0 heterocycles. The predicted octanol–water partition coefficient (Wildman–Crippen LogP) is 6.25. The standard InChI is InChI=1S/C24H18S/c1-3-7-19(8-4-1)20-11-13-21(14-12-20)22-15-17-24(18-16-22)25-23-9-5-2-6-10-23/h1-18H/p+1. The molecular weight excluding hydrogens is 320 g/mol. The van der Waals surface area contributed by atoms with Gasteiger partial charge in [-0.1, -0.05) is 72.8 Å². The second-order valence-corrected chi connectivity index (χ2v) is 7.19. The Balaban J connectivity index is 1.52. The van der Waals surface area contributed by atoms with E-state index in [0.29, 0.717) is 0 Å². The van der Waals surface area contributed by atoms with Gasteiger partial charge in [0.2, 0.25) is 0 Å². The average Bonchev–Trinajstić information content (AvgIpc) is 2.70. The average molecular weight is 339 g/mol. The summed E-state index contributed by atoms with van der Waals surface area (Å²) in [5.74, 6) is 0. The van der Waals surface area contributed by atoms with Gasteiger partial charge in [-0.3, -0.25) is 0 Å². The lowest BCUT2D eigenvalue weighted by Gasteiger charge is -2.05. The Morgan fingerprint density at radius 3 is 1.20 bits per heavy atom. The third-order valence-electron chi connectivity index (χ3n) is 4.21. The van der Waals surface area contributed by atoms with Crippen molar-refractivity contribution in [3.05, 3.63) is 109 Å². The van der Waals surface area contributed by atoms with E-state index in [-0.39, 0.29) is 0 Å². The first-order valence-electron chi connectivity index (χ1n) is 8.41. The van der Waals surface area contributed by atoms with Crippen LogP contribution in [0, 0.1) is 0 Å². The number of hydrogen-bond donors (Lipinski definition) is 0. The first-order chi connectivity index (χ1) is 12.4. The van der Waals surface area contributed by atoms with Crippen LogP contribution in [0.4, 0.5) is 0 Å². The van der Waals surface area contributed by atoms with Crippen molar-refractivity contribution >= 4 is 11.8 Å². The highest BCUT2D eigenvalue weighted by Gasteiger charge is 2.07. The Kier molecular flexibility index (Phi) is 4.67. The fraction of sp³-hybridized carbons (Fsp3) is 0. The van der Waals surface area contributed by atoms with Gasteiger partial charge in [0.05, 0.1) is 0 Å². The Labute approximate surface area is 153 Å². The van der Waals surface area contributed by atoms with Gasteiger partial charge in [0.15, 0.2) is 9.79 Å². The van der Waals surface area contributed by atoms with Crippen molar-refractivity contribution in [2.45, 2.75) is 9.79 Å². The molecule has 4 aromatic carbocycles. The van der Waals surface area contributed by atoms with Gasteiger partial charge in [0.25, 0.3) is 0 Å². The van der Waals surface area contributed by atoms with Gasteiger partial charge < -0.3 is 0 Å². The van der Waals surface area contributed by atoms with Crippen molar-refractivity contribution in [1.29, 1.82) is 0 Å². The molecule has 0 aliphatic carbocycles. The molecule has 0 aromatic heterocycles. The van der Waals surface area contributed by atoms with Crippen LogP contribution in [0.3, 0.4) is 0 Å². The molecule has 0 saturated carbocycles. The Morgan fingerprint density at radius 1 is 0.320 bits per heavy atom. The highest BCUT2D eigenvalue weighted by Crippen LogP contribution is 2.25. The van der Waals surface area contributed by atoms with E-state index in [0.717, 1.165) is 0 Å².